The predicted octanol–water partition coefficient (Wildman–Crippen LogP) is 2.31. The molecule has 2 aromatic rings. The van der Waals surface area contributed by atoms with Crippen LogP contribution in [-0.2, 0) is 5.41 Å². The molecule has 7 heteroatoms. The molecule has 2 aromatic heterocycles. The molecule has 106 valence electrons. The summed E-state index contributed by atoms with van der Waals surface area (Å²) in [6.07, 6.45) is 3.23. The topological polar surface area (TPSA) is 89.6 Å². The second kappa shape index (κ2) is 5.72. The third-order valence-corrected chi connectivity index (χ3v) is 3.71. The van der Waals surface area contributed by atoms with Crippen LogP contribution >= 0.6 is 11.8 Å². The Kier molecular flexibility index (Phi) is 4.20. The number of nitrogen functional groups attached to an aromatic ring is 1. The Hall–Kier alpha value is -1.73. The van der Waals surface area contributed by atoms with Gasteiger partial charge in [-0.3, -0.25) is 0 Å². The summed E-state index contributed by atoms with van der Waals surface area (Å²) in [5.74, 6) is 6.93. The van der Waals surface area contributed by atoms with Gasteiger partial charge >= 0.3 is 0 Å². The largest absolute Gasteiger partial charge is 0.308 e. The standard InChI is InChI=1S/C13H18N6S/c1-8-10(19-14)17-12(13(2,3)4)18-11(8)20-9-5-6-15-7-16-9/h5-7H,14H2,1-4H3,(H,17,18,19). The first kappa shape index (κ1) is 14.7. The molecule has 3 N–H and O–H groups in total. The molecule has 0 amide bonds. The van der Waals surface area contributed by atoms with E-state index in [1.165, 1.54) is 18.1 Å². The number of hydrogen-bond acceptors (Lipinski definition) is 7. The summed E-state index contributed by atoms with van der Waals surface area (Å²) < 4.78 is 0. The Balaban J connectivity index is 2.46. The first-order valence-corrected chi connectivity index (χ1v) is 7.03. The summed E-state index contributed by atoms with van der Waals surface area (Å²) >= 11 is 1.48. The maximum absolute atomic E-state index is 5.55. The zero-order valence-corrected chi connectivity index (χ0v) is 12.8. The molecule has 2 heterocycles. The van der Waals surface area contributed by atoms with Gasteiger partial charge in [0.05, 0.1) is 0 Å². The summed E-state index contributed by atoms with van der Waals surface area (Å²) in [6.45, 7) is 8.14. The Labute approximate surface area is 122 Å². The third-order valence-electron chi connectivity index (χ3n) is 2.66. The molecule has 0 saturated carbocycles. The van der Waals surface area contributed by atoms with E-state index in [4.69, 9.17) is 5.84 Å². The fraction of sp³-hybridized carbons (Fsp3) is 0.385. The average molecular weight is 290 g/mol. The molecule has 0 bridgehead atoms. The zero-order valence-electron chi connectivity index (χ0n) is 12.0. The first-order chi connectivity index (χ1) is 9.41. The molecule has 0 saturated heterocycles. The lowest BCUT2D eigenvalue weighted by atomic mass is 9.95. The Morgan fingerprint density at radius 1 is 1.25 bits per heavy atom. The van der Waals surface area contributed by atoms with Gasteiger partial charge in [0.1, 0.15) is 28.0 Å². The number of nitrogens with two attached hydrogens (primary N) is 1. The molecule has 0 aliphatic heterocycles. The van der Waals surface area contributed by atoms with Crippen molar-refractivity contribution in [3.63, 3.8) is 0 Å². The maximum atomic E-state index is 5.55. The van der Waals surface area contributed by atoms with Crippen LogP contribution in [0.4, 0.5) is 5.82 Å². The molecular weight excluding hydrogens is 272 g/mol. The van der Waals surface area contributed by atoms with Crippen molar-refractivity contribution in [1.29, 1.82) is 0 Å². The van der Waals surface area contributed by atoms with Gasteiger partial charge < -0.3 is 5.43 Å². The summed E-state index contributed by atoms with van der Waals surface area (Å²) in [6, 6.07) is 1.85. The molecule has 0 spiro atoms. The first-order valence-electron chi connectivity index (χ1n) is 6.21. The molecule has 2 rings (SSSR count). The van der Waals surface area contributed by atoms with E-state index in [0.717, 1.165) is 21.4 Å². The predicted molar refractivity (Wildman–Crippen MR) is 79.4 cm³/mol. The van der Waals surface area contributed by atoms with Crippen LogP contribution in [0.2, 0.25) is 0 Å². The molecule has 0 unspecified atom stereocenters. The average Bonchev–Trinajstić information content (AvgIpc) is 2.41. The van der Waals surface area contributed by atoms with Crippen molar-refractivity contribution in [3.8, 4) is 0 Å². The second-order valence-corrected chi connectivity index (χ2v) is 6.38. The quantitative estimate of drug-likeness (QED) is 0.509. The number of hydrogen-bond donors (Lipinski definition) is 2. The Morgan fingerprint density at radius 3 is 2.55 bits per heavy atom. The number of anilines is 1. The third kappa shape index (κ3) is 3.23. The fourth-order valence-corrected chi connectivity index (χ4v) is 2.32. The smallest absolute Gasteiger partial charge is 0.147 e. The molecule has 0 aliphatic rings. The summed E-state index contributed by atoms with van der Waals surface area (Å²) in [7, 11) is 0. The van der Waals surface area contributed by atoms with Gasteiger partial charge in [0.25, 0.3) is 0 Å². The number of aromatic nitrogens is 4. The lowest BCUT2D eigenvalue weighted by Gasteiger charge is -2.19. The van der Waals surface area contributed by atoms with Gasteiger partial charge in [-0.25, -0.2) is 25.8 Å². The second-order valence-electron chi connectivity index (χ2n) is 5.37. The van der Waals surface area contributed by atoms with E-state index < -0.39 is 0 Å². The van der Waals surface area contributed by atoms with Crippen molar-refractivity contribution in [2.24, 2.45) is 5.84 Å². The molecule has 0 aliphatic carbocycles. The number of nitrogens with zero attached hydrogens (tertiary/aromatic N) is 4. The van der Waals surface area contributed by atoms with E-state index in [0.29, 0.717) is 5.82 Å². The van der Waals surface area contributed by atoms with Gasteiger partial charge in [-0.05, 0) is 24.8 Å². The highest BCUT2D eigenvalue weighted by Gasteiger charge is 2.21. The minimum atomic E-state index is -0.152. The van der Waals surface area contributed by atoms with Crippen LogP contribution in [-0.4, -0.2) is 19.9 Å². The normalized spacial score (nSPS) is 11.4. The van der Waals surface area contributed by atoms with Crippen LogP contribution in [0.25, 0.3) is 0 Å². The van der Waals surface area contributed by atoms with Crippen molar-refractivity contribution >= 4 is 17.6 Å². The summed E-state index contributed by atoms with van der Waals surface area (Å²) in [4.78, 5) is 17.2. The van der Waals surface area contributed by atoms with Gasteiger partial charge in [0.15, 0.2) is 0 Å². The van der Waals surface area contributed by atoms with Crippen LogP contribution in [0.5, 0.6) is 0 Å². The minimum Gasteiger partial charge on any atom is -0.308 e. The van der Waals surface area contributed by atoms with E-state index >= 15 is 0 Å². The Bertz CT molecular complexity index is 594. The van der Waals surface area contributed by atoms with E-state index in [-0.39, 0.29) is 5.41 Å². The van der Waals surface area contributed by atoms with Gasteiger partial charge in [-0.15, -0.1) is 0 Å². The zero-order chi connectivity index (χ0) is 14.8. The van der Waals surface area contributed by atoms with Gasteiger partial charge in [0, 0.05) is 17.2 Å². The van der Waals surface area contributed by atoms with E-state index in [2.05, 4.69) is 46.1 Å². The monoisotopic (exact) mass is 290 g/mol. The Morgan fingerprint density at radius 2 is 2.00 bits per heavy atom. The maximum Gasteiger partial charge on any atom is 0.147 e. The van der Waals surface area contributed by atoms with E-state index in [1.807, 2.05) is 13.0 Å². The van der Waals surface area contributed by atoms with Crippen LogP contribution in [0, 0.1) is 6.92 Å². The van der Waals surface area contributed by atoms with Crippen molar-refractivity contribution in [1.82, 2.24) is 19.9 Å². The van der Waals surface area contributed by atoms with Crippen LogP contribution in [0.3, 0.4) is 0 Å². The summed E-state index contributed by atoms with van der Waals surface area (Å²) in [5, 5.41) is 1.68. The van der Waals surface area contributed by atoms with Gasteiger partial charge in [-0.2, -0.15) is 0 Å². The van der Waals surface area contributed by atoms with Crippen molar-refractivity contribution in [2.45, 2.75) is 43.2 Å². The SMILES string of the molecule is Cc1c(NN)nc(C(C)(C)C)nc1Sc1ccncn1. The number of rotatable bonds is 3. The van der Waals surface area contributed by atoms with Gasteiger partial charge in [0.2, 0.25) is 0 Å². The number of hydrazine groups is 1. The minimum absolute atomic E-state index is 0.152. The summed E-state index contributed by atoms with van der Waals surface area (Å²) in [5.41, 5.74) is 3.39. The molecular formula is C13H18N6S. The van der Waals surface area contributed by atoms with E-state index in [9.17, 15) is 0 Å². The van der Waals surface area contributed by atoms with Crippen LogP contribution < -0.4 is 11.3 Å². The van der Waals surface area contributed by atoms with Gasteiger partial charge in [-0.1, -0.05) is 20.8 Å². The van der Waals surface area contributed by atoms with E-state index in [1.54, 1.807) is 6.20 Å². The molecule has 0 fully saturated rings. The molecule has 0 aromatic carbocycles. The highest BCUT2D eigenvalue weighted by atomic mass is 32.2. The highest BCUT2D eigenvalue weighted by molar-refractivity contribution is 7.99. The van der Waals surface area contributed by atoms with Crippen molar-refractivity contribution < 1.29 is 0 Å². The van der Waals surface area contributed by atoms with Crippen molar-refractivity contribution in [2.75, 3.05) is 5.43 Å². The highest BCUT2D eigenvalue weighted by Crippen LogP contribution is 2.31. The lowest BCUT2D eigenvalue weighted by Crippen LogP contribution is -2.20. The van der Waals surface area contributed by atoms with Crippen LogP contribution in [0.15, 0.2) is 28.6 Å². The van der Waals surface area contributed by atoms with Crippen LogP contribution in [0.1, 0.15) is 32.2 Å². The lowest BCUT2D eigenvalue weighted by molar-refractivity contribution is 0.538. The fourth-order valence-electron chi connectivity index (χ4n) is 1.51. The molecule has 20 heavy (non-hydrogen) atoms. The molecule has 0 atom stereocenters. The van der Waals surface area contributed by atoms with Crippen molar-refractivity contribution in [3.05, 3.63) is 30.0 Å². The molecule has 6 nitrogen and oxygen atoms in total. The number of nitrogens with one attached hydrogen (secondary N) is 1. The molecule has 0 radical (unpaired) electrons.